The van der Waals surface area contributed by atoms with Gasteiger partial charge >= 0.3 is 5.97 Å². The molecule has 3 aromatic heterocycles. The standard InChI is InChI=1S/C23H23N3O3S/c1-3-29-21(23(27)28)18-12(2)25-22-20(15-6-4-5-7-17(15)30-22)19(18)13-8-9-14-11-24-26-16(14)10-13/h8-11,21H,3-7H2,1-2H3,(H,24,26)(H,27,28)/t21-/m0/s1. The lowest BCUT2D eigenvalue weighted by atomic mass is 9.88. The predicted octanol–water partition coefficient (Wildman–Crippen LogP) is 5.19. The Labute approximate surface area is 177 Å². The highest BCUT2D eigenvalue weighted by molar-refractivity contribution is 7.19. The fourth-order valence-electron chi connectivity index (χ4n) is 4.57. The van der Waals surface area contributed by atoms with E-state index < -0.39 is 12.1 Å². The molecule has 2 N–H and O–H groups in total. The van der Waals surface area contributed by atoms with E-state index in [9.17, 15) is 9.90 Å². The van der Waals surface area contributed by atoms with Gasteiger partial charge in [-0.1, -0.05) is 12.1 Å². The molecule has 4 aromatic rings. The van der Waals surface area contributed by atoms with Gasteiger partial charge in [0.2, 0.25) is 0 Å². The maximum absolute atomic E-state index is 12.2. The van der Waals surface area contributed by atoms with Crippen molar-refractivity contribution in [1.82, 2.24) is 15.2 Å². The Bertz CT molecular complexity index is 1270. The first-order valence-corrected chi connectivity index (χ1v) is 11.1. The number of hydrogen-bond acceptors (Lipinski definition) is 5. The number of fused-ring (bicyclic) bond motifs is 4. The summed E-state index contributed by atoms with van der Waals surface area (Å²) in [5.74, 6) is -0.992. The molecule has 3 heterocycles. The van der Waals surface area contributed by atoms with Crippen LogP contribution in [0.15, 0.2) is 24.4 Å². The van der Waals surface area contributed by atoms with Crippen molar-refractivity contribution in [3.63, 3.8) is 0 Å². The molecule has 30 heavy (non-hydrogen) atoms. The van der Waals surface area contributed by atoms with Crippen molar-refractivity contribution in [1.29, 1.82) is 0 Å². The third-order valence-electron chi connectivity index (χ3n) is 5.88. The number of nitrogens with one attached hydrogen (secondary N) is 1. The maximum atomic E-state index is 12.2. The number of aryl methyl sites for hydroxylation is 3. The van der Waals surface area contributed by atoms with Crippen LogP contribution in [-0.4, -0.2) is 32.9 Å². The highest BCUT2D eigenvalue weighted by atomic mass is 32.1. The van der Waals surface area contributed by atoms with Gasteiger partial charge in [0.25, 0.3) is 0 Å². The summed E-state index contributed by atoms with van der Waals surface area (Å²) in [6.07, 6.45) is 5.15. The Balaban J connectivity index is 1.89. The van der Waals surface area contributed by atoms with Crippen molar-refractivity contribution in [3.8, 4) is 11.1 Å². The summed E-state index contributed by atoms with van der Waals surface area (Å²) in [6, 6.07) is 6.12. The summed E-state index contributed by atoms with van der Waals surface area (Å²) in [5.41, 5.74) is 5.52. The van der Waals surface area contributed by atoms with Crippen molar-refractivity contribution in [2.75, 3.05) is 6.61 Å². The number of H-pyrrole nitrogens is 1. The van der Waals surface area contributed by atoms with Crippen molar-refractivity contribution in [3.05, 3.63) is 46.1 Å². The van der Waals surface area contributed by atoms with Crippen LogP contribution in [0.2, 0.25) is 0 Å². The van der Waals surface area contributed by atoms with Crippen LogP contribution in [0.4, 0.5) is 0 Å². The number of aromatic amines is 1. The van der Waals surface area contributed by atoms with Gasteiger partial charge in [-0.05, 0) is 56.7 Å². The molecule has 0 aliphatic heterocycles. The first-order chi connectivity index (χ1) is 14.6. The minimum atomic E-state index is -1.06. The van der Waals surface area contributed by atoms with Gasteiger partial charge < -0.3 is 9.84 Å². The van der Waals surface area contributed by atoms with Gasteiger partial charge in [-0.3, -0.25) is 5.10 Å². The van der Waals surface area contributed by atoms with Gasteiger partial charge in [0, 0.05) is 39.1 Å². The molecule has 0 fully saturated rings. The second-order valence-corrected chi connectivity index (χ2v) is 8.81. The van der Waals surface area contributed by atoms with Gasteiger partial charge in [-0.25, -0.2) is 9.78 Å². The zero-order valence-electron chi connectivity index (χ0n) is 17.0. The zero-order chi connectivity index (χ0) is 20.8. The summed E-state index contributed by atoms with van der Waals surface area (Å²) in [5, 5.41) is 19.3. The number of carbonyl (C=O) groups is 1. The van der Waals surface area contributed by atoms with Crippen LogP contribution >= 0.6 is 11.3 Å². The lowest BCUT2D eigenvalue weighted by molar-refractivity contribution is -0.150. The number of hydrogen-bond donors (Lipinski definition) is 2. The summed E-state index contributed by atoms with van der Waals surface area (Å²) >= 11 is 1.75. The van der Waals surface area contributed by atoms with Gasteiger partial charge in [0.15, 0.2) is 6.10 Å². The Hall–Kier alpha value is -2.77. The molecule has 1 aliphatic rings. The lowest BCUT2D eigenvalue weighted by Crippen LogP contribution is -2.18. The van der Waals surface area contributed by atoms with Crippen LogP contribution in [-0.2, 0) is 22.4 Å². The van der Waals surface area contributed by atoms with E-state index in [1.54, 1.807) is 17.5 Å². The number of aliphatic carboxylic acids is 1. The van der Waals surface area contributed by atoms with Gasteiger partial charge in [-0.15, -0.1) is 11.3 Å². The SMILES string of the molecule is CCO[C@H](C(=O)O)c1c(C)nc2sc3c(c2c1-c1ccc2cn[nH]c2c1)CCCC3. The quantitative estimate of drug-likeness (QED) is 0.463. The average Bonchev–Trinajstić information content (AvgIpc) is 3.34. The smallest absolute Gasteiger partial charge is 0.337 e. The van der Waals surface area contributed by atoms with Crippen LogP contribution in [0.25, 0.3) is 32.2 Å². The van der Waals surface area contributed by atoms with E-state index in [0.717, 1.165) is 51.5 Å². The molecule has 5 rings (SSSR count). The Kier molecular flexibility index (Phi) is 4.79. The fourth-order valence-corrected chi connectivity index (χ4v) is 5.89. The molecule has 6 nitrogen and oxygen atoms in total. The van der Waals surface area contributed by atoms with Crippen molar-refractivity contribution >= 4 is 38.4 Å². The predicted molar refractivity (Wildman–Crippen MR) is 118 cm³/mol. The van der Waals surface area contributed by atoms with Crippen molar-refractivity contribution < 1.29 is 14.6 Å². The summed E-state index contributed by atoms with van der Waals surface area (Å²) in [4.78, 5) is 19.4. The number of carboxylic acid groups (broad SMARTS) is 1. The van der Waals surface area contributed by atoms with Crippen LogP contribution < -0.4 is 0 Å². The number of thiophene rings is 1. The molecule has 0 saturated carbocycles. The number of aromatic nitrogens is 3. The molecular formula is C23H23N3O3S. The highest BCUT2D eigenvalue weighted by Gasteiger charge is 2.31. The molecule has 1 atom stereocenters. The van der Waals surface area contributed by atoms with Crippen LogP contribution in [0.5, 0.6) is 0 Å². The molecule has 0 unspecified atom stereocenters. The molecule has 0 saturated heterocycles. The molecule has 0 radical (unpaired) electrons. The second kappa shape index (κ2) is 7.49. The number of nitrogens with zero attached hydrogens (tertiary/aromatic N) is 2. The molecule has 154 valence electrons. The van der Waals surface area contributed by atoms with Crippen LogP contribution in [0, 0.1) is 6.92 Å². The molecular weight excluding hydrogens is 398 g/mol. The number of rotatable bonds is 5. The number of carboxylic acids is 1. The fraction of sp³-hybridized carbons (Fsp3) is 0.348. The second-order valence-electron chi connectivity index (χ2n) is 7.72. The van der Waals surface area contributed by atoms with E-state index in [0.29, 0.717) is 17.9 Å². The average molecular weight is 422 g/mol. The maximum Gasteiger partial charge on any atom is 0.337 e. The Morgan fingerprint density at radius 3 is 2.97 bits per heavy atom. The minimum Gasteiger partial charge on any atom is -0.479 e. The van der Waals surface area contributed by atoms with Crippen molar-refractivity contribution in [2.45, 2.75) is 45.6 Å². The monoisotopic (exact) mass is 421 g/mol. The normalized spacial score (nSPS) is 14.9. The van der Waals surface area contributed by atoms with Crippen LogP contribution in [0.1, 0.15) is 47.6 Å². The number of pyridine rings is 1. The zero-order valence-corrected chi connectivity index (χ0v) is 17.8. The first-order valence-electron chi connectivity index (χ1n) is 10.3. The number of ether oxygens (including phenoxy) is 1. The Morgan fingerprint density at radius 1 is 1.33 bits per heavy atom. The topological polar surface area (TPSA) is 88.1 Å². The molecule has 0 bridgehead atoms. The molecule has 1 aliphatic carbocycles. The van der Waals surface area contributed by atoms with E-state index in [1.165, 1.54) is 16.9 Å². The van der Waals surface area contributed by atoms with E-state index in [4.69, 9.17) is 9.72 Å². The number of benzene rings is 1. The third-order valence-corrected chi connectivity index (χ3v) is 7.07. The van der Waals surface area contributed by atoms with E-state index >= 15 is 0 Å². The van der Waals surface area contributed by atoms with Gasteiger partial charge in [0.1, 0.15) is 4.83 Å². The van der Waals surface area contributed by atoms with E-state index in [2.05, 4.69) is 16.3 Å². The largest absolute Gasteiger partial charge is 0.479 e. The van der Waals surface area contributed by atoms with E-state index in [1.807, 2.05) is 26.0 Å². The first kappa shape index (κ1) is 19.2. The minimum absolute atomic E-state index is 0.315. The van der Waals surface area contributed by atoms with Crippen LogP contribution in [0.3, 0.4) is 0 Å². The molecule has 1 aromatic carbocycles. The van der Waals surface area contributed by atoms with Crippen molar-refractivity contribution in [2.24, 2.45) is 0 Å². The van der Waals surface area contributed by atoms with Gasteiger partial charge in [0.05, 0.1) is 11.7 Å². The van der Waals surface area contributed by atoms with E-state index in [-0.39, 0.29) is 0 Å². The molecule has 0 amide bonds. The highest BCUT2D eigenvalue weighted by Crippen LogP contribution is 2.45. The summed E-state index contributed by atoms with van der Waals surface area (Å²) in [6.45, 7) is 4.02. The lowest BCUT2D eigenvalue weighted by Gasteiger charge is -2.21. The third kappa shape index (κ3) is 3.00. The molecule has 7 heteroatoms. The summed E-state index contributed by atoms with van der Waals surface area (Å²) in [7, 11) is 0. The summed E-state index contributed by atoms with van der Waals surface area (Å²) < 4.78 is 5.72. The molecule has 0 spiro atoms. The van der Waals surface area contributed by atoms with Gasteiger partial charge in [-0.2, -0.15) is 5.10 Å². The Morgan fingerprint density at radius 2 is 2.17 bits per heavy atom.